The molecule has 2 amide bonds. The van der Waals surface area contributed by atoms with Crippen LogP contribution in [0.2, 0.25) is 0 Å². The first kappa shape index (κ1) is 24.6. The molecule has 0 saturated heterocycles. The van der Waals surface area contributed by atoms with Crippen LogP contribution >= 0.6 is 11.8 Å². The number of nitrogens with one attached hydrogen (secondary N) is 1. The summed E-state index contributed by atoms with van der Waals surface area (Å²) in [6.45, 7) is 6.66. The van der Waals surface area contributed by atoms with E-state index >= 15 is 0 Å². The van der Waals surface area contributed by atoms with E-state index < -0.39 is 5.25 Å². The first-order valence-corrected chi connectivity index (χ1v) is 12.3. The van der Waals surface area contributed by atoms with Gasteiger partial charge in [0, 0.05) is 36.2 Å². The summed E-state index contributed by atoms with van der Waals surface area (Å²) in [7, 11) is 1.57. The Morgan fingerprint density at radius 2 is 1.91 bits per heavy atom. The van der Waals surface area contributed by atoms with E-state index in [0.717, 1.165) is 16.4 Å². The lowest BCUT2D eigenvalue weighted by atomic mass is 10.1. The normalized spacial score (nSPS) is 12.4. The molecule has 10 heteroatoms. The van der Waals surface area contributed by atoms with Gasteiger partial charge in [-0.05, 0) is 25.0 Å². The number of carbonyl (C=O) groups excluding carboxylic acids is 2. The van der Waals surface area contributed by atoms with Gasteiger partial charge in [0.1, 0.15) is 22.7 Å². The summed E-state index contributed by atoms with van der Waals surface area (Å²) in [5, 5.41) is 13.5. The van der Waals surface area contributed by atoms with Crippen molar-refractivity contribution in [3.05, 3.63) is 42.2 Å². The van der Waals surface area contributed by atoms with Gasteiger partial charge in [-0.15, -0.1) is 10.2 Å². The number of hydrogen-bond donors (Lipinski definition) is 2. The van der Waals surface area contributed by atoms with Gasteiger partial charge >= 0.3 is 0 Å². The molecule has 0 aliphatic heterocycles. The number of nitrogens with two attached hydrogens (primary N) is 1. The summed E-state index contributed by atoms with van der Waals surface area (Å²) in [6, 6.07) is 11.4. The molecule has 4 aromatic rings. The Hall–Kier alpha value is -3.53. The van der Waals surface area contributed by atoms with Crippen LogP contribution in [0.4, 0.5) is 5.69 Å². The van der Waals surface area contributed by atoms with E-state index in [2.05, 4.69) is 29.4 Å². The predicted octanol–water partition coefficient (Wildman–Crippen LogP) is 4.38. The predicted molar refractivity (Wildman–Crippen MR) is 137 cm³/mol. The number of hydrogen-bond acceptors (Lipinski definition) is 7. The smallest absolute Gasteiger partial charge is 0.237 e. The van der Waals surface area contributed by atoms with Gasteiger partial charge in [-0.25, -0.2) is 0 Å². The maximum absolute atomic E-state index is 13.1. The number of thioether (sulfide) groups is 1. The summed E-state index contributed by atoms with van der Waals surface area (Å²) in [5.41, 5.74) is 7.27. The second-order valence-electron chi connectivity index (χ2n) is 8.77. The van der Waals surface area contributed by atoms with Gasteiger partial charge in [0.2, 0.25) is 11.8 Å². The van der Waals surface area contributed by atoms with Gasteiger partial charge in [0.15, 0.2) is 5.16 Å². The minimum absolute atomic E-state index is 0.195. The molecule has 4 rings (SSSR count). The van der Waals surface area contributed by atoms with Gasteiger partial charge < -0.3 is 24.8 Å². The molecule has 0 aliphatic rings. The van der Waals surface area contributed by atoms with Crippen molar-refractivity contribution in [2.24, 2.45) is 11.7 Å². The monoisotopic (exact) mass is 495 g/mol. The lowest BCUT2D eigenvalue weighted by Crippen LogP contribution is -2.23. The van der Waals surface area contributed by atoms with E-state index in [1.807, 2.05) is 41.8 Å². The number of anilines is 1. The first-order valence-electron chi connectivity index (χ1n) is 11.4. The summed E-state index contributed by atoms with van der Waals surface area (Å²) in [5.74, 6) is 0.973. The standard InChI is InChI=1S/C25H29N5O4S/c1-14(2)13-30-23(10-9-22(26)31)28-29-25(30)35-15(3)24(32)27-18-12-20-17(11-21(18)33-4)16-7-5-6-8-19(16)34-20/h5-8,11-12,14-15H,9-10,13H2,1-4H3,(H2,26,31)(H,27,32). The van der Waals surface area contributed by atoms with Crippen LogP contribution < -0.4 is 15.8 Å². The number of ether oxygens (including phenoxy) is 1. The molecule has 1 unspecified atom stereocenters. The minimum atomic E-state index is -0.467. The Morgan fingerprint density at radius 1 is 1.14 bits per heavy atom. The van der Waals surface area contributed by atoms with Crippen LogP contribution in [-0.4, -0.2) is 38.9 Å². The average Bonchev–Trinajstić information content (AvgIpc) is 3.36. The zero-order valence-corrected chi connectivity index (χ0v) is 21.0. The van der Waals surface area contributed by atoms with Crippen molar-refractivity contribution >= 4 is 51.2 Å². The highest BCUT2D eigenvalue weighted by molar-refractivity contribution is 8.00. The van der Waals surface area contributed by atoms with E-state index in [-0.39, 0.29) is 18.2 Å². The third kappa shape index (κ3) is 5.43. The number of aromatic nitrogens is 3. The number of para-hydroxylation sites is 1. The molecule has 0 bridgehead atoms. The molecule has 2 aromatic heterocycles. The Balaban J connectivity index is 1.54. The fourth-order valence-corrected chi connectivity index (χ4v) is 4.72. The molecule has 2 heterocycles. The van der Waals surface area contributed by atoms with Crippen LogP contribution in [0.25, 0.3) is 21.9 Å². The van der Waals surface area contributed by atoms with E-state index in [1.54, 1.807) is 13.2 Å². The number of benzene rings is 2. The van der Waals surface area contributed by atoms with Gasteiger partial charge in [-0.1, -0.05) is 43.8 Å². The Labute approximate surface area is 207 Å². The molecule has 0 saturated carbocycles. The highest BCUT2D eigenvalue weighted by Gasteiger charge is 2.22. The van der Waals surface area contributed by atoms with Crippen molar-refractivity contribution in [2.75, 3.05) is 12.4 Å². The van der Waals surface area contributed by atoms with Crippen LogP contribution in [0, 0.1) is 5.92 Å². The van der Waals surface area contributed by atoms with E-state index in [1.165, 1.54) is 11.8 Å². The van der Waals surface area contributed by atoms with Gasteiger partial charge in [-0.2, -0.15) is 0 Å². The molecular formula is C25H29N5O4S. The summed E-state index contributed by atoms with van der Waals surface area (Å²) >= 11 is 1.31. The van der Waals surface area contributed by atoms with Crippen LogP contribution in [-0.2, 0) is 22.6 Å². The molecule has 0 aliphatic carbocycles. The molecule has 35 heavy (non-hydrogen) atoms. The van der Waals surface area contributed by atoms with Gasteiger partial charge in [-0.3, -0.25) is 9.59 Å². The van der Waals surface area contributed by atoms with Crippen LogP contribution in [0.1, 0.15) is 33.0 Å². The topological polar surface area (TPSA) is 125 Å². The molecule has 0 fully saturated rings. The first-order chi connectivity index (χ1) is 16.8. The second-order valence-corrected chi connectivity index (χ2v) is 10.1. The molecule has 0 spiro atoms. The van der Waals surface area contributed by atoms with Crippen molar-refractivity contribution < 1.29 is 18.7 Å². The Bertz CT molecular complexity index is 1380. The molecule has 184 valence electrons. The van der Waals surface area contributed by atoms with Crippen molar-refractivity contribution in [2.45, 2.75) is 50.6 Å². The average molecular weight is 496 g/mol. The lowest BCUT2D eigenvalue weighted by molar-refractivity contribution is -0.118. The van der Waals surface area contributed by atoms with Gasteiger partial charge in [0.05, 0.1) is 18.0 Å². The lowest BCUT2D eigenvalue weighted by Gasteiger charge is -2.16. The second kappa shape index (κ2) is 10.4. The summed E-state index contributed by atoms with van der Waals surface area (Å²) < 4.78 is 13.5. The number of fused-ring (bicyclic) bond motifs is 3. The summed E-state index contributed by atoms with van der Waals surface area (Å²) in [4.78, 5) is 24.3. The fraction of sp³-hybridized carbons (Fsp3) is 0.360. The number of furan rings is 1. The highest BCUT2D eigenvalue weighted by Crippen LogP contribution is 2.37. The largest absolute Gasteiger partial charge is 0.495 e. The van der Waals surface area contributed by atoms with E-state index in [4.69, 9.17) is 14.9 Å². The van der Waals surface area contributed by atoms with Crippen molar-refractivity contribution in [1.29, 1.82) is 0 Å². The number of carbonyl (C=O) groups is 2. The minimum Gasteiger partial charge on any atom is -0.495 e. The highest BCUT2D eigenvalue weighted by atomic mass is 32.2. The molecule has 3 N–H and O–H groups in total. The van der Waals surface area contributed by atoms with Crippen LogP contribution in [0.5, 0.6) is 5.75 Å². The fourth-order valence-electron chi connectivity index (χ4n) is 3.84. The number of rotatable bonds is 10. The van der Waals surface area contributed by atoms with Gasteiger partial charge in [0.25, 0.3) is 0 Å². The number of methoxy groups -OCH3 is 1. The number of amides is 2. The van der Waals surface area contributed by atoms with E-state index in [9.17, 15) is 9.59 Å². The SMILES string of the molecule is COc1cc2c(cc1NC(=O)C(C)Sc1nnc(CCC(N)=O)n1CC(C)C)oc1ccccc12. The molecular weight excluding hydrogens is 466 g/mol. The van der Waals surface area contributed by atoms with E-state index in [0.29, 0.717) is 46.9 Å². The number of aryl methyl sites for hydroxylation is 1. The molecule has 9 nitrogen and oxygen atoms in total. The molecule has 2 aromatic carbocycles. The zero-order chi connectivity index (χ0) is 25.1. The van der Waals surface area contributed by atoms with Crippen molar-refractivity contribution in [3.63, 3.8) is 0 Å². The summed E-state index contributed by atoms with van der Waals surface area (Å²) in [6.07, 6.45) is 0.603. The Morgan fingerprint density at radius 3 is 2.63 bits per heavy atom. The third-order valence-electron chi connectivity index (χ3n) is 5.54. The maximum Gasteiger partial charge on any atom is 0.237 e. The molecule has 0 radical (unpaired) electrons. The molecule has 1 atom stereocenters. The number of primary amides is 1. The third-order valence-corrected chi connectivity index (χ3v) is 6.62. The van der Waals surface area contributed by atoms with Crippen LogP contribution in [0.15, 0.2) is 46.0 Å². The quantitative estimate of drug-likeness (QED) is 0.313. The number of nitrogens with zero attached hydrogens (tertiary/aromatic N) is 3. The van der Waals surface area contributed by atoms with Crippen molar-refractivity contribution in [1.82, 2.24) is 14.8 Å². The van der Waals surface area contributed by atoms with Crippen molar-refractivity contribution in [3.8, 4) is 5.75 Å². The Kier molecular flexibility index (Phi) is 7.30. The van der Waals surface area contributed by atoms with Crippen LogP contribution in [0.3, 0.4) is 0 Å². The zero-order valence-electron chi connectivity index (χ0n) is 20.2. The maximum atomic E-state index is 13.1.